The van der Waals surface area contributed by atoms with Crippen LogP contribution in [0.25, 0.3) is 0 Å². The highest BCUT2D eigenvalue weighted by atomic mass is 14.9. The number of nitrogens with zero attached hydrogens (tertiary/aromatic N) is 2. The van der Waals surface area contributed by atoms with Gasteiger partial charge in [0.05, 0.1) is 0 Å². The molecule has 4 aromatic carbocycles. The van der Waals surface area contributed by atoms with Gasteiger partial charge in [0.15, 0.2) is 0 Å². The summed E-state index contributed by atoms with van der Waals surface area (Å²) in [6, 6.07) is 41.0. The summed E-state index contributed by atoms with van der Waals surface area (Å²) in [4.78, 5) is 10.0. The first-order valence-electron chi connectivity index (χ1n) is 10.2. The van der Waals surface area contributed by atoms with Crippen LogP contribution < -0.4 is 0 Å². The number of hydrogen-bond acceptors (Lipinski definition) is 2. The molecule has 0 unspecified atom stereocenters. The molecule has 0 aliphatic rings. The van der Waals surface area contributed by atoms with Crippen LogP contribution in [0.5, 0.6) is 0 Å². The van der Waals surface area contributed by atoms with E-state index < -0.39 is 0 Å². The first-order valence-corrected chi connectivity index (χ1v) is 10.2. The molecule has 0 fully saturated rings. The van der Waals surface area contributed by atoms with Crippen molar-refractivity contribution in [1.82, 2.24) is 0 Å². The van der Waals surface area contributed by atoms with Gasteiger partial charge in [0.2, 0.25) is 0 Å². The van der Waals surface area contributed by atoms with Gasteiger partial charge in [0.25, 0.3) is 0 Å². The molecule has 0 aromatic heterocycles. The maximum Gasteiger partial charge on any atom is 0.101 e. The molecule has 30 heavy (non-hydrogen) atoms. The summed E-state index contributed by atoms with van der Waals surface area (Å²) < 4.78 is 0. The summed E-state index contributed by atoms with van der Waals surface area (Å²) in [5.41, 5.74) is 4.45. The smallest absolute Gasteiger partial charge is 0.101 e. The lowest BCUT2D eigenvalue weighted by Gasteiger charge is -2.22. The third-order valence-corrected chi connectivity index (χ3v) is 4.95. The second-order valence-corrected chi connectivity index (χ2v) is 7.09. The Labute approximate surface area is 178 Å². The summed E-state index contributed by atoms with van der Waals surface area (Å²) in [5, 5.41) is 0. The minimum atomic E-state index is -0.131. The number of aliphatic imine (C=N–C) groups is 2. The number of rotatable bonds is 7. The van der Waals surface area contributed by atoms with E-state index in [4.69, 9.17) is 9.98 Å². The predicted octanol–water partition coefficient (Wildman–Crippen LogP) is 6.71. The van der Waals surface area contributed by atoms with Crippen LogP contribution in [0.1, 0.15) is 34.3 Å². The van der Waals surface area contributed by atoms with Crippen LogP contribution in [-0.2, 0) is 0 Å². The van der Waals surface area contributed by atoms with Crippen molar-refractivity contribution in [3.8, 4) is 0 Å². The molecular formula is C28H24N2. The van der Waals surface area contributed by atoms with Gasteiger partial charge in [-0.25, -0.2) is 0 Å². The monoisotopic (exact) mass is 388 g/mol. The van der Waals surface area contributed by atoms with Gasteiger partial charge in [-0.15, -0.1) is 0 Å². The third kappa shape index (κ3) is 5.18. The highest BCUT2D eigenvalue weighted by Gasteiger charge is 2.23. The molecule has 0 heterocycles. The van der Waals surface area contributed by atoms with E-state index in [2.05, 4.69) is 72.8 Å². The lowest BCUT2D eigenvalue weighted by Crippen LogP contribution is -2.09. The van der Waals surface area contributed by atoms with Gasteiger partial charge in [0.1, 0.15) is 12.1 Å². The molecule has 0 amide bonds. The Hall–Kier alpha value is -3.78. The highest BCUT2D eigenvalue weighted by molar-refractivity contribution is 5.80. The molecule has 0 saturated carbocycles. The van der Waals surface area contributed by atoms with Gasteiger partial charge < -0.3 is 0 Å². The first-order chi connectivity index (χ1) is 14.9. The molecule has 0 N–H and O–H groups in total. The Kier molecular flexibility index (Phi) is 6.59. The molecule has 2 atom stereocenters. The van der Waals surface area contributed by atoms with Gasteiger partial charge in [-0.1, -0.05) is 121 Å². The van der Waals surface area contributed by atoms with Gasteiger partial charge in [-0.05, 0) is 22.3 Å². The van der Waals surface area contributed by atoms with E-state index in [9.17, 15) is 0 Å². The molecule has 4 aromatic rings. The van der Waals surface area contributed by atoms with Gasteiger partial charge in [0, 0.05) is 12.4 Å². The van der Waals surface area contributed by atoms with Gasteiger partial charge in [-0.3, -0.25) is 9.98 Å². The fourth-order valence-electron chi connectivity index (χ4n) is 3.41. The van der Waals surface area contributed by atoms with E-state index in [1.54, 1.807) is 0 Å². The molecule has 2 heteroatoms. The maximum atomic E-state index is 5.01. The molecule has 0 spiro atoms. The third-order valence-electron chi connectivity index (χ3n) is 4.95. The minimum Gasteiger partial charge on any atom is -0.282 e. The van der Waals surface area contributed by atoms with Crippen LogP contribution in [-0.4, -0.2) is 12.4 Å². The van der Waals surface area contributed by atoms with E-state index >= 15 is 0 Å². The van der Waals surface area contributed by atoms with Crippen molar-refractivity contribution in [2.75, 3.05) is 0 Å². The summed E-state index contributed by atoms with van der Waals surface area (Å²) in [6.07, 6.45) is 3.90. The lowest BCUT2D eigenvalue weighted by molar-refractivity contribution is 0.583. The molecule has 2 nitrogen and oxygen atoms in total. The van der Waals surface area contributed by atoms with Crippen LogP contribution in [0.2, 0.25) is 0 Å². The first kappa shape index (κ1) is 19.5. The Morgan fingerprint density at radius 1 is 0.400 bits per heavy atom. The normalized spacial score (nSPS) is 13.5. The Morgan fingerprint density at radius 3 is 1.03 bits per heavy atom. The van der Waals surface area contributed by atoms with Crippen LogP contribution in [0, 0.1) is 0 Å². The SMILES string of the molecule is C(=N\[C@H](c1ccccc1)[C@H](/N=C/c1ccccc1)c1ccccc1)/c1ccccc1. The average Bonchev–Trinajstić information content (AvgIpc) is 2.83. The zero-order valence-corrected chi connectivity index (χ0v) is 16.8. The summed E-state index contributed by atoms with van der Waals surface area (Å²) in [5.74, 6) is 0. The van der Waals surface area contributed by atoms with E-state index in [1.807, 2.05) is 61.0 Å². The molecule has 0 bridgehead atoms. The van der Waals surface area contributed by atoms with E-state index in [1.165, 1.54) is 0 Å². The predicted molar refractivity (Wildman–Crippen MR) is 126 cm³/mol. The number of benzene rings is 4. The Balaban J connectivity index is 1.76. The molecule has 0 aliphatic carbocycles. The van der Waals surface area contributed by atoms with Crippen molar-refractivity contribution < 1.29 is 0 Å². The quantitative estimate of drug-likeness (QED) is 0.314. The zero-order valence-electron chi connectivity index (χ0n) is 16.8. The van der Waals surface area contributed by atoms with Crippen LogP contribution in [0.4, 0.5) is 0 Å². The Morgan fingerprint density at radius 2 is 0.700 bits per heavy atom. The standard InChI is InChI=1S/C28H24N2/c1-5-13-23(14-6-1)21-29-27(25-17-9-3-10-18-25)28(26-19-11-4-12-20-26)30-22-24-15-7-2-8-16-24/h1-22,27-28H/b29-21+,30-22+/t27-,28-/m1/s1. The van der Waals surface area contributed by atoms with Crippen molar-refractivity contribution in [2.45, 2.75) is 12.1 Å². The van der Waals surface area contributed by atoms with E-state index in [0.29, 0.717) is 0 Å². The number of hydrogen-bond donors (Lipinski definition) is 0. The zero-order chi connectivity index (χ0) is 20.4. The van der Waals surface area contributed by atoms with Gasteiger partial charge in [-0.2, -0.15) is 0 Å². The van der Waals surface area contributed by atoms with Crippen LogP contribution in [0.15, 0.2) is 131 Å². The maximum absolute atomic E-state index is 5.01. The van der Waals surface area contributed by atoms with E-state index in [0.717, 1.165) is 22.3 Å². The molecule has 0 radical (unpaired) electrons. The fraction of sp³-hybridized carbons (Fsp3) is 0.0714. The molecular weight excluding hydrogens is 364 g/mol. The molecule has 4 rings (SSSR count). The molecule has 0 aliphatic heterocycles. The van der Waals surface area contributed by atoms with Crippen LogP contribution >= 0.6 is 0 Å². The van der Waals surface area contributed by atoms with Gasteiger partial charge >= 0.3 is 0 Å². The average molecular weight is 389 g/mol. The largest absolute Gasteiger partial charge is 0.282 e. The van der Waals surface area contributed by atoms with Crippen molar-refractivity contribution in [3.05, 3.63) is 144 Å². The summed E-state index contributed by atoms with van der Waals surface area (Å²) in [6.45, 7) is 0. The summed E-state index contributed by atoms with van der Waals surface area (Å²) in [7, 11) is 0. The topological polar surface area (TPSA) is 24.7 Å². The van der Waals surface area contributed by atoms with Crippen LogP contribution in [0.3, 0.4) is 0 Å². The fourth-order valence-corrected chi connectivity index (χ4v) is 3.41. The van der Waals surface area contributed by atoms with Crippen molar-refractivity contribution in [3.63, 3.8) is 0 Å². The van der Waals surface area contributed by atoms with Crippen molar-refractivity contribution in [1.29, 1.82) is 0 Å². The Bertz CT molecular complexity index is 982. The lowest BCUT2D eigenvalue weighted by atomic mass is 9.94. The minimum absolute atomic E-state index is 0.131. The highest BCUT2D eigenvalue weighted by Crippen LogP contribution is 2.35. The summed E-state index contributed by atoms with van der Waals surface area (Å²) >= 11 is 0. The van der Waals surface area contributed by atoms with Crippen molar-refractivity contribution >= 4 is 12.4 Å². The molecule has 146 valence electrons. The van der Waals surface area contributed by atoms with E-state index in [-0.39, 0.29) is 12.1 Å². The van der Waals surface area contributed by atoms with Crippen molar-refractivity contribution in [2.24, 2.45) is 9.98 Å². The second kappa shape index (κ2) is 10.1. The second-order valence-electron chi connectivity index (χ2n) is 7.09. The molecule has 0 saturated heterocycles.